The first kappa shape index (κ1) is 109. The van der Waals surface area contributed by atoms with Gasteiger partial charge in [0.1, 0.15) is 5.57 Å². The molecule has 17 aromatic rings. The molecule has 0 N–H and O–H groups in total. The van der Waals surface area contributed by atoms with Gasteiger partial charge in [-0.2, -0.15) is 0 Å². The zero-order valence-corrected chi connectivity index (χ0v) is 95.9. The minimum Gasteiger partial charge on any atom is -0.377 e. The Bertz CT molecular complexity index is 6890. The SMILES string of the molecule is CC(C)(C)P(c1cc2ccccc2n1-c1ccccc1)C(C)(C)C.CC(C)(C)P(c1ccc2ccccc2c1-c1cccc2ccccc12)C(C)(C)C.CC(C)(C)P(c1ccccc1-c1ccccc1)C(C)(C)C.CN(C)c1ccccc1-c1ccccc1P(c1ccccc1)c1ccccc1.Cc1cc(C)c(-n2ccnc2P(C2CCCCC2)C2CCCCC2)c(C)c1.Cc1ccccc1-c1c(C)cccc1C. The normalized spacial score (nSPS) is 13.5. The molecule has 0 saturated heterocycles. The lowest BCUT2D eigenvalue weighted by Gasteiger charge is -2.43. The van der Waals surface area contributed by atoms with Gasteiger partial charge in [-0.3, -0.25) is 4.57 Å². The first-order valence-electron chi connectivity index (χ1n) is 52.7. The molecule has 2 aromatic heterocycles. The van der Waals surface area contributed by atoms with Crippen molar-refractivity contribution in [3.63, 3.8) is 0 Å². The van der Waals surface area contributed by atoms with Gasteiger partial charge in [0.2, 0.25) is 0 Å². The predicted molar refractivity (Wildman–Crippen MR) is 649 cm³/mol. The number of hydrogen-bond acceptors (Lipinski definition) is 2. The van der Waals surface area contributed by atoms with Gasteiger partial charge < -0.3 is 9.47 Å². The molecule has 0 atom stereocenters. The molecule has 746 valence electrons. The molecule has 4 nitrogen and oxygen atoms in total. The predicted octanol–water partition coefficient (Wildman–Crippen LogP) is 36.8. The molecule has 19 rings (SSSR count). The van der Waals surface area contributed by atoms with E-state index in [1.165, 1.54) is 229 Å². The van der Waals surface area contributed by atoms with Crippen molar-refractivity contribution in [3.8, 4) is 55.9 Å². The third-order valence-corrected chi connectivity index (χ3v) is 44.3. The molecule has 2 fully saturated rings. The van der Waals surface area contributed by atoms with Crippen molar-refractivity contribution in [3.05, 3.63) is 404 Å². The molecule has 0 aliphatic heterocycles. The number of fused-ring (bicyclic) bond motifs is 3. The molecule has 0 radical (unpaired) electrons. The average molecular weight is 1990 g/mol. The molecular weight excluding hydrogens is 1830 g/mol. The van der Waals surface area contributed by atoms with Crippen LogP contribution in [0.1, 0.15) is 222 Å². The number of imidazole rings is 1. The Kier molecular flexibility index (Phi) is 36.7. The van der Waals surface area contributed by atoms with Crippen LogP contribution in [-0.2, 0) is 0 Å². The van der Waals surface area contributed by atoms with E-state index >= 15 is 0 Å². The minimum atomic E-state index is -0.641. The second-order valence-corrected chi connectivity index (χ2v) is 62.1. The number of nitrogens with zero attached hydrogens (tertiary/aromatic N) is 4. The fourth-order valence-electron chi connectivity index (χ4n) is 23.2. The van der Waals surface area contributed by atoms with Crippen molar-refractivity contribution in [2.75, 3.05) is 19.0 Å². The molecular formula is C135H161N4P5. The summed E-state index contributed by atoms with van der Waals surface area (Å²) < 4.78 is 4.97. The van der Waals surface area contributed by atoms with Crippen LogP contribution in [-0.4, -0.2) is 70.5 Å². The van der Waals surface area contributed by atoms with E-state index in [1.54, 1.807) is 0 Å². The summed E-state index contributed by atoms with van der Waals surface area (Å²) in [5.41, 5.74) is 28.9. The van der Waals surface area contributed by atoms with Crippen LogP contribution in [0.15, 0.2) is 370 Å². The fraction of sp³-hybridized carbons (Fsp3) is 0.326. The van der Waals surface area contributed by atoms with Gasteiger partial charge in [-0.25, -0.2) is 4.98 Å². The lowest BCUT2D eigenvalue weighted by molar-refractivity contribution is 0.486. The summed E-state index contributed by atoms with van der Waals surface area (Å²) in [6.07, 6.45) is 18.6. The van der Waals surface area contributed by atoms with Gasteiger partial charge in [-0.05, 0) is 278 Å². The van der Waals surface area contributed by atoms with Crippen LogP contribution in [0, 0.1) is 41.5 Å². The van der Waals surface area contributed by atoms with Crippen LogP contribution >= 0.6 is 39.6 Å². The maximum absolute atomic E-state index is 5.04. The van der Waals surface area contributed by atoms with Crippen molar-refractivity contribution in [1.82, 2.24) is 14.1 Å². The molecule has 2 saturated carbocycles. The van der Waals surface area contributed by atoms with Gasteiger partial charge in [0.15, 0.2) is 0 Å². The fourth-order valence-corrected chi connectivity index (χ4v) is 41.8. The van der Waals surface area contributed by atoms with Crippen molar-refractivity contribution < 1.29 is 0 Å². The van der Waals surface area contributed by atoms with Crippen LogP contribution in [0.5, 0.6) is 0 Å². The number of hydrogen-bond donors (Lipinski definition) is 0. The van der Waals surface area contributed by atoms with E-state index in [9.17, 15) is 0 Å². The summed E-state index contributed by atoms with van der Waals surface area (Å²) in [5.74, 6) is 0. The number of aromatic nitrogens is 3. The van der Waals surface area contributed by atoms with E-state index in [4.69, 9.17) is 4.98 Å². The summed E-state index contributed by atoms with van der Waals surface area (Å²) in [6, 6.07) is 130. The van der Waals surface area contributed by atoms with Crippen LogP contribution < -0.4 is 42.4 Å². The van der Waals surface area contributed by atoms with E-state index in [0.717, 1.165) is 11.3 Å². The van der Waals surface area contributed by atoms with Crippen LogP contribution in [0.3, 0.4) is 0 Å². The van der Waals surface area contributed by atoms with Crippen molar-refractivity contribution in [2.24, 2.45) is 0 Å². The highest BCUT2D eigenvalue weighted by molar-refractivity contribution is 7.80. The van der Waals surface area contributed by atoms with Crippen LogP contribution in [0.4, 0.5) is 5.69 Å². The molecule has 0 spiro atoms. The third-order valence-electron chi connectivity index (χ3n) is 27.8. The number of benzene rings is 15. The Labute approximate surface area is 874 Å². The minimum absolute atomic E-state index is 0.180. The summed E-state index contributed by atoms with van der Waals surface area (Å²) in [6.45, 7) is 56.3. The van der Waals surface area contributed by atoms with Gasteiger partial charge in [-0.1, -0.05) is 512 Å². The average Bonchev–Trinajstić information content (AvgIpc) is 1.22. The first-order chi connectivity index (χ1) is 68.7. The quantitative estimate of drug-likeness (QED) is 0.0901. The Morgan fingerprint density at radius 1 is 0.306 bits per heavy atom. The van der Waals surface area contributed by atoms with Crippen LogP contribution in [0.2, 0.25) is 0 Å². The highest BCUT2D eigenvalue weighted by atomic mass is 31.1. The van der Waals surface area contributed by atoms with Gasteiger partial charge >= 0.3 is 0 Å². The Balaban J connectivity index is 0.000000138. The lowest BCUT2D eigenvalue weighted by Crippen LogP contribution is -2.33. The Morgan fingerprint density at radius 3 is 1.24 bits per heavy atom. The lowest BCUT2D eigenvalue weighted by atomic mass is 9.93. The largest absolute Gasteiger partial charge is 0.377 e. The maximum Gasteiger partial charge on any atom is 0.136 e. The smallest absolute Gasteiger partial charge is 0.136 e. The van der Waals surface area contributed by atoms with Crippen LogP contribution in [0.25, 0.3) is 88.3 Å². The topological polar surface area (TPSA) is 26.0 Å². The van der Waals surface area contributed by atoms with Gasteiger partial charge in [-0.15, -0.1) is 0 Å². The molecule has 0 amide bonds. The second-order valence-electron chi connectivity index (χ2n) is 45.7. The molecule has 0 bridgehead atoms. The molecule has 15 aromatic carbocycles. The summed E-state index contributed by atoms with van der Waals surface area (Å²) in [7, 11) is 2.34. The third kappa shape index (κ3) is 26.7. The van der Waals surface area contributed by atoms with E-state index < -0.39 is 15.8 Å². The standard InChI is InChI=1S/C28H31P.C26H24NP.C24H35N2P.C22H28NP.C20H27P.C15H16/c1-27(2,3)29(28(4,5)6)25-19-18-21-13-8-10-16-23(21)26(25)24-17-11-14-20-12-7-9-15-22(20)24;1-27(2)25-19-11-9-17-23(25)24-18-10-12-20-26(24)28(21-13-5-3-6-14-21)22-15-7-4-8-16-22;1-18-16-19(2)23(20(3)17-18)26-15-14-25-24(26)27(21-10-6-4-7-11-21)22-12-8-5-9-13-22;1-21(2,3)24(22(4,5)6)20-16-17-12-10-11-15-19(17)23(20)18-13-8-7-9-14-18;1-19(2,3)21(20(4,5)6)18-15-11-10-14-17(18)16-12-8-7-9-13-16;1-11-7-4-5-10-14(11)15-12(2)8-6-9-13(15)3/h7-19H,1-6H3;3-20H,1-2H3;14-17,21-22H,4-13H2,1-3H3;7-16H,1-6H3;7-15H,1-6H3;4-10H,1-3H3. The van der Waals surface area contributed by atoms with Gasteiger partial charge in [0.25, 0.3) is 0 Å². The van der Waals surface area contributed by atoms with Gasteiger partial charge in [0.05, 0.1) is 11.2 Å². The molecule has 2 heterocycles. The maximum atomic E-state index is 5.04. The molecule has 0 unspecified atom stereocenters. The highest BCUT2D eigenvalue weighted by Gasteiger charge is 2.42. The second kappa shape index (κ2) is 48.4. The van der Waals surface area contributed by atoms with Crippen molar-refractivity contribution in [2.45, 2.75) is 273 Å². The molecule has 2 aliphatic carbocycles. The van der Waals surface area contributed by atoms with E-state index in [-0.39, 0.29) is 44.4 Å². The Hall–Kier alpha value is -10.5. The number of anilines is 1. The van der Waals surface area contributed by atoms with Crippen molar-refractivity contribution >= 4 is 115 Å². The van der Waals surface area contributed by atoms with E-state index in [1.807, 2.05) is 0 Å². The summed E-state index contributed by atoms with van der Waals surface area (Å²) >= 11 is 0. The first-order valence-corrected chi connectivity index (χ1v) is 59.5. The van der Waals surface area contributed by atoms with E-state index in [2.05, 4.69) is 565 Å². The molecule has 9 heteroatoms. The summed E-state index contributed by atoms with van der Waals surface area (Å²) in [5, 5.41) is 15.3. The number of rotatable bonds is 16. The zero-order chi connectivity index (χ0) is 103. The number of para-hydroxylation sites is 3. The zero-order valence-electron chi connectivity index (χ0n) is 91.5. The summed E-state index contributed by atoms with van der Waals surface area (Å²) in [4.78, 5) is 7.23. The van der Waals surface area contributed by atoms with Gasteiger partial charge in [0, 0.05) is 54.2 Å². The highest BCUT2D eigenvalue weighted by Crippen LogP contribution is 2.63. The van der Waals surface area contributed by atoms with Crippen molar-refractivity contribution in [1.29, 1.82) is 0 Å². The Morgan fingerprint density at radius 2 is 0.708 bits per heavy atom. The van der Waals surface area contributed by atoms with E-state index in [0.29, 0.717) is 10.3 Å². The molecule has 2 aliphatic rings. The monoisotopic (exact) mass is 1990 g/mol. The molecule has 144 heavy (non-hydrogen) atoms. The number of aryl methyl sites for hydroxylation is 6.